The van der Waals surface area contributed by atoms with E-state index in [1.54, 1.807) is 17.0 Å². The van der Waals surface area contributed by atoms with Gasteiger partial charge in [0.05, 0.1) is 12.6 Å². The number of carbonyl (C=O) groups is 1. The average Bonchev–Trinajstić information content (AvgIpc) is 2.94. The van der Waals surface area contributed by atoms with Crippen molar-refractivity contribution in [2.45, 2.75) is 38.6 Å². The Morgan fingerprint density at radius 1 is 1.60 bits per heavy atom. The van der Waals surface area contributed by atoms with E-state index in [2.05, 4.69) is 10.4 Å². The SMILES string of the molecule is CC(C)c1cc(C(=O)N2CCCC2CO)cc(NN)n1. The molecular weight excluding hydrogens is 256 g/mol. The average molecular weight is 278 g/mol. The maximum absolute atomic E-state index is 12.6. The third-order valence-electron chi connectivity index (χ3n) is 3.68. The Kier molecular flexibility index (Phi) is 4.57. The molecule has 0 radical (unpaired) electrons. The second-order valence-corrected chi connectivity index (χ2v) is 5.44. The number of nitrogen functional groups attached to an aromatic ring is 1. The molecule has 1 amide bonds. The van der Waals surface area contributed by atoms with Crippen LogP contribution in [0.5, 0.6) is 0 Å². The van der Waals surface area contributed by atoms with Crippen LogP contribution in [0.2, 0.25) is 0 Å². The molecule has 0 aromatic carbocycles. The van der Waals surface area contributed by atoms with Gasteiger partial charge in [-0.05, 0) is 30.9 Å². The van der Waals surface area contributed by atoms with Crippen LogP contribution in [-0.4, -0.2) is 40.1 Å². The van der Waals surface area contributed by atoms with Gasteiger partial charge in [-0.3, -0.25) is 4.79 Å². The van der Waals surface area contributed by atoms with Crippen molar-refractivity contribution in [1.82, 2.24) is 9.88 Å². The van der Waals surface area contributed by atoms with Crippen LogP contribution in [0.1, 0.15) is 48.7 Å². The summed E-state index contributed by atoms with van der Waals surface area (Å²) in [5.74, 6) is 6.05. The molecule has 1 aliphatic rings. The van der Waals surface area contributed by atoms with Crippen molar-refractivity contribution in [3.05, 3.63) is 23.4 Å². The number of hydrazine groups is 1. The second kappa shape index (κ2) is 6.19. The van der Waals surface area contributed by atoms with Gasteiger partial charge in [0.2, 0.25) is 0 Å². The van der Waals surface area contributed by atoms with E-state index in [9.17, 15) is 9.90 Å². The van der Waals surface area contributed by atoms with Crippen molar-refractivity contribution in [2.24, 2.45) is 5.84 Å². The predicted octanol–water partition coefficient (Wildman–Crippen LogP) is 1.09. The number of rotatable bonds is 4. The number of nitrogens with zero attached hydrogens (tertiary/aromatic N) is 2. The van der Waals surface area contributed by atoms with Crippen molar-refractivity contribution < 1.29 is 9.90 Å². The van der Waals surface area contributed by atoms with Crippen molar-refractivity contribution in [3.63, 3.8) is 0 Å². The number of hydrogen-bond acceptors (Lipinski definition) is 5. The van der Waals surface area contributed by atoms with Crippen molar-refractivity contribution in [3.8, 4) is 0 Å². The van der Waals surface area contributed by atoms with E-state index in [-0.39, 0.29) is 24.5 Å². The Morgan fingerprint density at radius 3 is 2.95 bits per heavy atom. The molecule has 0 saturated carbocycles. The van der Waals surface area contributed by atoms with E-state index in [4.69, 9.17) is 5.84 Å². The fourth-order valence-electron chi connectivity index (χ4n) is 2.50. The molecule has 110 valence electrons. The summed E-state index contributed by atoms with van der Waals surface area (Å²) in [7, 11) is 0. The fraction of sp³-hybridized carbons (Fsp3) is 0.571. The van der Waals surface area contributed by atoms with Crippen molar-refractivity contribution in [2.75, 3.05) is 18.6 Å². The minimum absolute atomic E-state index is 0.00978. The fourth-order valence-corrected chi connectivity index (χ4v) is 2.50. The minimum Gasteiger partial charge on any atom is -0.394 e. The van der Waals surface area contributed by atoms with Crippen molar-refractivity contribution in [1.29, 1.82) is 0 Å². The number of anilines is 1. The predicted molar refractivity (Wildman–Crippen MR) is 77.3 cm³/mol. The van der Waals surface area contributed by atoms with Crippen molar-refractivity contribution >= 4 is 11.7 Å². The molecule has 2 rings (SSSR count). The van der Waals surface area contributed by atoms with Gasteiger partial charge in [0.25, 0.3) is 5.91 Å². The molecule has 1 saturated heterocycles. The third-order valence-corrected chi connectivity index (χ3v) is 3.68. The van der Waals surface area contributed by atoms with Gasteiger partial charge in [0.1, 0.15) is 5.82 Å². The largest absolute Gasteiger partial charge is 0.394 e. The Labute approximate surface area is 119 Å². The smallest absolute Gasteiger partial charge is 0.254 e. The van der Waals surface area contributed by atoms with Crippen LogP contribution in [0.3, 0.4) is 0 Å². The van der Waals surface area contributed by atoms with E-state index in [0.717, 1.165) is 18.5 Å². The maximum Gasteiger partial charge on any atom is 0.254 e. The molecule has 0 bridgehead atoms. The lowest BCUT2D eigenvalue weighted by Gasteiger charge is -2.23. The number of pyridine rings is 1. The Balaban J connectivity index is 2.31. The minimum atomic E-state index is -0.0764. The highest BCUT2D eigenvalue weighted by molar-refractivity contribution is 5.95. The maximum atomic E-state index is 12.6. The molecule has 6 nitrogen and oxygen atoms in total. The number of hydrogen-bond donors (Lipinski definition) is 3. The second-order valence-electron chi connectivity index (χ2n) is 5.44. The standard InChI is InChI=1S/C14H22N4O2/c1-9(2)12-6-10(7-13(16-12)17-15)14(20)18-5-3-4-11(18)8-19/h6-7,9,11,19H,3-5,8,15H2,1-2H3,(H,16,17). The van der Waals surface area contributed by atoms with E-state index in [1.807, 2.05) is 13.8 Å². The normalized spacial score (nSPS) is 18.6. The zero-order valence-electron chi connectivity index (χ0n) is 12.0. The molecule has 20 heavy (non-hydrogen) atoms. The molecule has 2 heterocycles. The van der Waals surface area contributed by atoms with Gasteiger partial charge in [0, 0.05) is 17.8 Å². The molecule has 1 atom stereocenters. The first-order chi connectivity index (χ1) is 9.56. The lowest BCUT2D eigenvalue weighted by molar-refractivity contribution is 0.0677. The summed E-state index contributed by atoms with van der Waals surface area (Å²) < 4.78 is 0. The number of likely N-dealkylation sites (tertiary alicyclic amines) is 1. The number of aliphatic hydroxyl groups excluding tert-OH is 1. The summed E-state index contributed by atoms with van der Waals surface area (Å²) in [4.78, 5) is 18.7. The molecule has 1 aromatic heterocycles. The summed E-state index contributed by atoms with van der Waals surface area (Å²) in [6, 6.07) is 3.38. The zero-order chi connectivity index (χ0) is 14.7. The molecule has 1 unspecified atom stereocenters. The lowest BCUT2D eigenvalue weighted by atomic mass is 10.1. The van der Waals surface area contributed by atoms with Crippen LogP contribution in [-0.2, 0) is 0 Å². The number of aromatic nitrogens is 1. The van der Waals surface area contributed by atoms with Gasteiger partial charge in [-0.15, -0.1) is 0 Å². The zero-order valence-corrected chi connectivity index (χ0v) is 12.0. The summed E-state index contributed by atoms with van der Waals surface area (Å²) in [5.41, 5.74) is 3.89. The highest BCUT2D eigenvalue weighted by atomic mass is 16.3. The van der Waals surface area contributed by atoms with E-state index in [1.165, 1.54) is 0 Å². The van der Waals surface area contributed by atoms with E-state index < -0.39 is 0 Å². The van der Waals surface area contributed by atoms with Crippen LogP contribution >= 0.6 is 0 Å². The molecule has 6 heteroatoms. The van der Waals surface area contributed by atoms with Gasteiger partial charge in [-0.2, -0.15) is 0 Å². The topological polar surface area (TPSA) is 91.5 Å². The van der Waals surface area contributed by atoms with E-state index >= 15 is 0 Å². The lowest BCUT2D eigenvalue weighted by Crippen LogP contribution is -2.37. The first kappa shape index (κ1) is 14.7. The van der Waals surface area contributed by atoms with Crippen LogP contribution in [0.25, 0.3) is 0 Å². The Morgan fingerprint density at radius 2 is 2.35 bits per heavy atom. The number of amides is 1. The number of nitrogens with one attached hydrogen (secondary N) is 1. The van der Waals surface area contributed by atoms with Gasteiger partial charge in [-0.1, -0.05) is 13.8 Å². The summed E-state index contributed by atoms with van der Waals surface area (Å²) in [6.07, 6.45) is 1.79. The van der Waals surface area contributed by atoms with Crippen LogP contribution in [0, 0.1) is 0 Å². The van der Waals surface area contributed by atoms with Gasteiger partial charge in [-0.25, -0.2) is 10.8 Å². The number of carbonyl (C=O) groups excluding carboxylic acids is 1. The molecule has 1 aliphatic heterocycles. The van der Waals surface area contributed by atoms with Crippen LogP contribution in [0.4, 0.5) is 5.82 Å². The molecule has 0 aliphatic carbocycles. The Bertz CT molecular complexity index is 490. The van der Waals surface area contributed by atoms with Gasteiger partial charge in [0.15, 0.2) is 0 Å². The van der Waals surface area contributed by atoms with Crippen LogP contribution in [0.15, 0.2) is 12.1 Å². The first-order valence-corrected chi connectivity index (χ1v) is 6.97. The first-order valence-electron chi connectivity index (χ1n) is 6.97. The molecule has 0 spiro atoms. The molecule has 1 aromatic rings. The number of aliphatic hydroxyl groups is 1. The third kappa shape index (κ3) is 2.91. The highest BCUT2D eigenvalue weighted by Crippen LogP contribution is 2.23. The Hall–Kier alpha value is -1.66. The molecule has 1 fully saturated rings. The molecule has 4 N–H and O–H groups in total. The molecular formula is C14H22N4O2. The van der Waals surface area contributed by atoms with Gasteiger partial charge >= 0.3 is 0 Å². The van der Waals surface area contributed by atoms with Crippen LogP contribution < -0.4 is 11.3 Å². The highest BCUT2D eigenvalue weighted by Gasteiger charge is 2.29. The monoisotopic (exact) mass is 278 g/mol. The summed E-state index contributed by atoms with van der Waals surface area (Å²) >= 11 is 0. The van der Waals surface area contributed by atoms with E-state index in [0.29, 0.717) is 17.9 Å². The quantitative estimate of drug-likeness (QED) is 0.566. The number of nitrogens with two attached hydrogens (primary N) is 1. The summed E-state index contributed by atoms with van der Waals surface area (Å²) in [6.45, 7) is 4.73. The van der Waals surface area contributed by atoms with Gasteiger partial charge < -0.3 is 15.4 Å². The summed E-state index contributed by atoms with van der Waals surface area (Å²) in [5, 5.41) is 9.34.